The molecule has 1 aromatic carbocycles. The van der Waals surface area contributed by atoms with Gasteiger partial charge in [0.05, 0.1) is 26.4 Å². The van der Waals surface area contributed by atoms with E-state index in [1.807, 2.05) is 0 Å². The van der Waals surface area contributed by atoms with Crippen LogP contribution in [0.25, 0.3) is 0 Å². The molecule has 7 heteroatoms. The molecule has 0 bridgehead atoms. The first-order chi connectivity index (χ1) is 13.6. The standard InChI is InChI=1S/C21H25NO5S/c1-4-27-21(24)17-13-9-6-5-7-12-16(13)28-20(17)22-19(23)18-14(25-2)10-8-11-15(18)26-3/h8,10-11H,4-7,9,12H2,1-3H3,(H,22,23). The predicted octanol–water partition coefficient (Wildman–Crippen LogP) is 4.46. The average molecular weight is 404 g/mol. The van der Waals surface area contributed by atoms with Crippen LogP contribution in [-0.4, -0.2) is 32.7 Å². The first-order valence-electron chi connectivity index (χ1n) is 9.44. The number of hydrogen-bond acceptors (Lipinski definition) is 6. The van der Waals surface area contributed by atoms with E-state index in [-0.39, 0.29) is 18.5 Å². The van der Waals surface area contributed by atoms with Gasteiger partial charge in [-0.05, 0) is 50.3 Å². The van der Waals surface area contributed by atoms with Crippen LogP contribution < -0.4 is 14.8 Å². The molecule has 0 saturated carbocycles. The van der Waals surface area contributed by atoms with Crippen LogP contribution in [0.1, 0.15) is 57.3 Å². The Bertz CT molecular complexity index is 852. The normalized spacial score (nSPS) is 13.2. The van der Waals surface area contributed by atoms with Gasteiger partial charge in [-0.3, -0.25) is 4.79 Å². The lowest BCUT2D eigenvalue weighted by Gasteiger charge is -2.13. The second-order valence-electron chi connectivity index (χ2n) is 6.48. The second kappa shape index (κ2) is 9.10. The van der Waals surface area contributed by atoms with Gasteiger partial charge in [0.25, 0.3) is 5.91 Å². The highest BCUT2D eigenvalue weighted by molar-refractivity contribution is 7.17. The maximum atomic E-state index is 13.1. The van der Waals surface area contributed by atoms with E-state index in [9.17, 15) is 9.59 Å². The number of ether oxygens (including phenoxy) is 3. The molecule has 3 rings (SSSR count). The third-order valence-corrected chi connectivity index (χ3v) is 5.99. The van der Waals surface area contributed by atoms with Crippen molar-refractivity contribution in [3.8, 4) is 11.5 Å². The van der Waals surface area contributed by atoms with E-state index in [0.717, 1.165) is 42.5 Å². The molecule has 1 heterocycles. The molecule has 0 atom stereocenters. The third-order valence-electron chi connectivity index (χ3n) is 4.78. The molecule has 0 radical (unpaired) electrons. The number of rotatable bonds is 6. The highest BCUT2D eigenvalue weighted by atomic mass is 32.1. The van der Waals surface area contributed by atoms with Gasteiger partial charge in [0.2, 0.25) is 0 Å². The Morgan fingerprint density at radius 2 is 1.71 bits per heavy atom. The fourth-order valence-corrected chi connectivity index (χ4v) is 4.76. The van der Waals surface area contributed by atoms with Crippen LogP contribution in [0, 0.1) is 0 Å². The molecule has 150 valence electrons. The minimum atomic E-state index is -0.385. The van der Waals surface area contributed by atoms with Crippen LogP contribution in [0.5, 0.6) is 11.5 Å². The van der Waals surface area contributed by atoms with Crippen molar-refractivity contribution in [3.05, 3.63) is 39.8 Å². The van der Waals surface area contributed by atoms with Crippen molar-refractivity contribution >= 4 is 28.2 Å². The van der Waals surface area contributed by atoms with Crippen molar-refractivity contribution in [2.45, 2.75) is 39.0 Å². The summed E-state index contributed by atoms with van der Waals surface area (Å²) in [6, 6.07) is 5.16. The molecule has 0 spiro atoms. The van der Waals surface area contributed by atoms with Gasteiger partial charge in [0, 0.05) is 4.88 Å². The first-order valence-corrected chi connectivity index (χ1v) is 10.3. The van der Waals surface area contributed by atoms with Crippen LogP contribution in [0.15, 0.2) is 18.2 Å². The summed E-state index contributed by atoms with van der Waals surface area (Å²) in [5.41, 5.74) is 1.81. The number of methoxy groups -OCH3 is 2. The van der Waals surface area contributed by atoms with Gasteiger partial charge in [-0.25, -0.2) is 4.79 Å². The molecule has 28 heavy (non-hydrogen) atoms. The number of nitrogens with one attached hydrogen (secondary N) is 1. The predicted molar refractivity (Wildman–Crippen MR) is 109 cm³/mol. The lowest BCUT2D eigenvalue weighted by molar-refractivity contribution is 0.0527. The highest BCUT2D eigenvalue weighted by Gasteiger charge is 2.28. The summed E-state index contributed by atoms with van der Waals surface area (Å²) in [4.78, 5) is 26.9. The quantitative estimate of drug-likeness (QED) is 0.569. The van der Waals surface area contributed by atoms with Crippen molar-refractivity contribution in [3.63, 3.8) is 0 Å². The smallest absolute Gasteiger partial charge is 0.341 e. The number of carbonyl (C=O) groups excluding carboxylic acids is 2. The summed E-state index contributed by atoms with van der Waals surface area (Å²) in [7, 11) is 3.01. The molecule has 0 unspecified atom stereocenters. The van der Waals surface area contributed by atoms with E-state index in [4.69, 9.17) is 14.2 Å². The number of anilines is 1. The Kier molecular flexibility index (Phi) is 6.57. The SMILES string of the molecule is CCOC(=O)c1c(NC(=O)c2c(OC)cccc2OC)sc2c1CCCCC2. The number of carbonyl (C=O) groups is 2. The number of aryl methyl sites for hydroxylation is 1. The number of esters is 1. The molecule has 1 amide bonds. The summed E-state index contributed by atoms with van der Waals surface area (Å²) < 4.78 is 15.9. The molecule has 1 N–H and O–H groups in total. The van der Waals surface area contributed by atoms with E-state index >= 15 is 0 Å². The van der Waals surface area contributed by atoms with Gasteiger partial charge in [-0.2, -0.15) is 0 Å². The zero-order valence-corrected chi connectivity index (χ0v) is 17.2. The Morgan fingerprint density at radius 1 is 1.04 bits per heavy atom. The molecule has 1 aliphatic rings. The molecule has 0 saturated heterocycles. The minimum absolute atomic E-state index is 0.289. The van der Waals surface area contributed by atoms with Crippen molar-refractivity contribution in [2.75, 3.05) is 26.1 Å². The van der Waals surface area contributed by atoms with Gasteiger partial charge in [-0.15, -0.1) is 11.3 Å². The molecule has 0 fully saturated rings. The van der Waals surface area contributed by atoms with E-state index < -0.39 is 0 Å². The topological polar surface area (TPSA) is 73.9 Å². The van der Waals surface area contributed by atoms with Crippen LogP contribution in [0.4, 0.5) is 5.00 Å². The maximum absolute atomic E-state index is 13.1. The maximum Gasteiger partial charge on any atom is 0.341 e. The Balaban J connectivity index is 2.01. The average Bonchev–Trinajstić information content (AvgIpc) is 2.87. The molecule has 1 aromatic heterocycles. The number of hydrogen-bond donors (Lipinski definition) is 1. The van der Waals surface area contributed by atoms with E-state index in [1.165, 1.54) is 25.6 Å². The lowest BCUT2D eigenvalue weighted by atomic mass is 10.1. The van der Waals surface area contributed by atoms with Crippen LogP contribution in [0.3, 0.4) is 0 Å². The number of amides is 1. The summed E-state index contributed by atoms with van der Waals surface area (Å²) in [6.07, 6.45) is 5.01. The minimum Gasteiger partial charge on any atom is -0.496 e. The first kappa shape index (κ1) is 20.2. The zero-order valence-electron chi connectivity index (χ0n) is 16.4. The lowest BCUT2D eigenvalue weighted by Crippen LogP contribution is -2.17. The van der Waals surface area contributed by atoms with Gasteiger partial charge in [0.1, 0.15) is 22.1 Å². The highest BCUT2D eigenvalue weighted by Crippen LogP contribution is 2.39. The van der Waals surface area contributed by atoms with Crippen LogP contribution in [0.2, 0.25) is 0 Å². The second-order valence-corrected chi connectivity index (χ2v) is 7.59. The molecule has 1 aliphatic carbocycles. The zero-order chi connectivity index (χ0) is 20.1. The monoisotopic (exact) mass is 403 g/mol. The van der Waals surface area contributed by atoms with Crippen molar-refractivity contribution in [2.24, 2.45) is 0 Å². The van der Waals surface area contributed by atoms with Crippen LogP contribution in [-0.2, 0) is 17.6 Å². The Hall–Kier alpha value is -2.54. The van der Waals surface area contributed by atoms with E-state index in [2.05, 4.69) is 5.32 Å². The third kappa shape index (κ3) is 3.99. The van der Waals surface area contributed by atoms with Crippen molar-refractivity contribution < 1.29 is 23.8 Å². The molecular formula is C21H25NO5S. The summed E-state index contributed by atoms with van der Waals surface area (Å²) >= 11 is 1.46. The molecule has 0 aliphatic heterocycles. The molecule has 2 aromatic rings. The van der Waals surface area contributed by atoms with Gasteiger partial charge in [-0.1, -0.05) is 12.5 Å². The van der Waals surface area contributed by atoms with Gasteiger partial charge in [0.15, 0.2) is 0 Å². The Labute approximate surface area is 168 Å². The number of benzene rings is 1. The number of fused-ring (bicyclic) bond motifs is 1. The summed E-state index contributed by atoms with van der Waals surface area (Å²) in [5.74, 6) is 0.0563. The van der Waals surface area contributed by atoms with Gasteiger partial charge >= 0.3 is 5.97 Å². The fraction of sp³-hybridized carbons (Fsp3) is 0.429. The molecule has 6 nitrogen and oxygen atoms in total. The van der Waals surface area contributed by atoms with Crippen molar-refractivity contribution in [1.82, 2.24) is 0 Å². The molecular weight excluding hydrogens is 378 g/mol. The summed E-state index contributed by atoms with van der Waals surface area (Å²) in [6.45, 7) is 2.07. The number of thiophene rings is 1. The summed E-state index contributed by atoms with van der Waals surface area (Å²) in [5, 5.41) is 3.44. The Morgan fingerprint density at radius 3 is 2.36 bits per heavy atom. The van der Waals surface area contributed by atoms with E-state index in [0.29, 0.717) is 27.6 Å². The van der Waals surface area contributed by atoms with Gasteiger partial charge < -0.3 is 19.5 Å². The van der Waals surface area contributed by atoms with Crippen LogP contribution >= 0.6 is 11.3 Å². The van der Waals surface area contributed by atoms with Crippen molar-refractivity contribution in [1.29, 1.82) is 0 Å². The fourth-order valence-electron chi connectivity index (χ4n) is 3.49. The van der Waals surface area contributed by atoms with E-state index in [1.54, 1.807) is 25.1 Å². The largest absolute Gasteiger partial charge is 0.496 e.